The predicted octanol–water partition coefficient (Wildman–Crippen LogP) is 4.25. The fourth-order valence-electron chi connectivity index (χ4n) is 3.31. The van der Waals surface area contributed by atoms with Crippen LogP contribution in [0.5, 0.6) is 17.2 Å². The van der Waals surface area contributed by atoms with Crippen LogP contribution in [0.2, 0.25) is 0 Å². The van der Waals surface area contributed by atoms with Crippen LogP contribution in [-0.2, 0) is 0 Å². The number of anilines is 1. The Hall–Kier alpha value is -2.47. The topological polar surface area (TPSA) is 43.0 Å². The number of rotatable bonds is 5. The normalized spacial score (nSPS) is 16.3. The molecule has 1 fully saturated rings. The van der Waals surface area contributed by atoms with Crippen molar-refractivity contribution in [1.29, 1.82) is 0 Å². The SMILES string of the molecule is COc1cccc(NC(=S)N2CCC[C@@H]2c2ccc(OC)c(OC)c2)c1. The van der Waals surface area contributed by atoms with E-state index in [1.165, 1.54) is 5.56 Å². The summed E-state index contributed by atoms with van der Waals surface area (Å²) in [6.07, 6.45) is 2.15. The van der Waals surface area contributed by atoms with E-state index in [2.05, 4.69) is 16.3 Å². The van der Waals surface area contributed by atoms with Crippen LogP contribution in [0.4, 0.5) is 5.69 Å². The van der Waals surface area contributed by atoms with Gasteiger partial charge < -0.3 is 24.4 Å². The predicted molar refractivity (Wildman–Crippen MR) is 107 cm³/mol. The second-order valence-electron chi connectivity index (χ2n) is 6.13. The number of nitrogens with one attached hydrogen (secondary N) is 1. The molecule has 0 bridgehead atoms. The van der Waals surface area contributed by atoms with Crippen LogP contribution in [0, 0.1) is 0 Å². The highest BCUT2D eigenvalue weighted by atomic mass is 32.1. The van der Waals surface area contributed by atoms with E-state index < -0.39 is 0 Å². The number of hydrogen-bond donors (Lipinski definition) is 1. The van der Waals surface area contributed by atoms with Gasteiger partial charge in [0.15, 0.2) is 16.6 Å². The molecule has 2 aromatic rings. The summed E-state index contributed by atoms with van der Waals surface area (Å²) in [6.45, 7) is 0.925. The van der Waals surface area contributed by atoms with Crippen molar-refractivity contribution in [3.63, 3.8) is 0 Å². The quantitative estimate of drug-likeness (QED) is 0.792. The highest BCUT2D eigenvalue weighted by molar-refractivity contribution is 7.80. The summed E-state index contributed by atoms with van der Waals surface area (Å²) >= 11 is 5.68. The largest absolute Gasteiger partial charge is 0.497 e. The van der Waals surface area contributed by atoms with Gasteiger partial charge >= 0.3 is 0 Å². The van der Waals surface area contributed by atoms with Crippen LogP contribution >= 0.6 is 12.2 Å². The number of nitrogens with zero attached hydrogens (tertiary/aromatic N) is 1. The number of ether oxygens (including phenoxy) is 3. The minimum Gasteiger partial charge on any atom is -0.497 e. The second-order valence-corrected chi connectivity index (χ2v) is 6.51. The molecule has 6 heteroatoms. The summed E-state index contributed by atoms with van der Waals surface area (Å²) in [5, 5.41) is 4.05. The van der Waals surface area contributed by atoms with E-state index in [1.807, 2.05) is 36.4 Å². The molecule has 0 radical (unpaired) electrons. The average Bonchev–Trinajstić information content (AvgIpc) is 3.17. The summed E-state index contributed by atoms with van der Waals surface area (Å²) in [7, 11) is 4.96. The lowest BCUT2D eigenvalue weighted by molar-refractivity contribution is 0.351. The summed E-state index contributed by atoms with van der Waals surface area (Å²) in [5.41, 5.74) is 2.10. The Bertz CT molecular complexity index is 781. The molecule has 0 saturated carbocycles. The van der Waals surface area contributed by atoms with Crippen LogP contribution in [0.1, 0.15) is 24.4 Å². The third-order valence-electron chi connectivity index (χ3n) is 4.63. The summed E-state index contributed by atoms with van der Waals surface area (Å²) in [4.78, 5) is 2.23. The molecule has 0 amide bonds. The molecule has 3 rings (SSSR count). The van der Waals surface area contributed by atoms with Gasteiger partial charge in [-0.3, -0.25) is 0 Å². The number of likely N-dealkylation sites (tertiary alicyclic amines) is 1. The maximum Gasteiger partial charge on any atom is 0.173 e. The van der Waals surface area contributed by atoms with Crippen molar-refractivity contribution < 1.29 is 14.2 Å². The number of thiocarbonyl (C=S) groups is 1. The van der Waals surface area contributed by atoms with E-state index in [4.69, 9.17) is 26.4 Å². The van der Waals surface area contributed by atoms with E-state index in [1.54, 1.807) is 21.3 Å². The average molecular weight is 372 g/mol. The van der Waals surface area contributed by atoms with Crippen LogP contribution in [-0.4, -0.2) is 37.9 Å². The van der Waals surface area contributed by atoms with E-state index >= 15 is 0 Å². The van der Waals surface area contributed by atoms with Gasteiger partial charge in [0.1, 0.15) is 5.75 Å². The lowest BCUT2D eigenvalue weighted by atomic mass is 10.0. The van der Waals surface area contributed by atoms with Gasteiger partial charge in [0.2, 0.25) is 0 Å². The van der Waals surface area contributed by atoms with Gasteiger partial charge in [-0.15, -0.1) is 0 Å². The molecule has 0 spiro atoms. The zero-order valence-corrected chi connectivity index (χ0v) is 16.1. The Morgan fingerprint density at radius 1 is 1.04 bits per heavy atom. The fourth-order valence-corrected chi connectivity index (χ4v) is 3.65. The van der Waals surface area contributed by atoms with E-state index in [0.717, 1.165) is 47.4 Å². The van der Waals surface area contributed by atoms with Gasteiger partial charge in [0.05, 0.1) is 27.4 Å². The number of benzene rings is 2. The molecule has 1 atom stereocenters. The molecule has 1 aliphatic rings. The van der Waals surface area contributed by atoms with Gasteiger partial charge in [-0.2, -0.15) is 0 Å². The molecule has 0 aromatic heterocycles. The van der Waals surface area contributed by atoms with Crippen molar-refractivity contribution >= 4 is 23.0 Å². The fraction of sp³-hybridized carbons (Fsp3) is 0.350. The van der Waals surface area contributed by atoms with Crippen molar-refractivity contribution in [3.8, 4) is 17.2 Å². The minimum atomic E-state index is 0.223. The lowest BCUT2D eigenvalue weighted by Crippen LogP contribution is -2.34. The third kappa shape index (κ3) is 3.85. The van der Waals surface area contributed by atoms with Crippen molar-refractivity contribution in [3.05, 3.63) is 48.0 Å². The first-order valence-electron chi connectivity index (χ1n) is 8.60. The van der Waals surface area contributed by atoms with Gasteiger partial charge in [-0.05, 0) is 54.9 Å². The van der Waals surface area contributed by atoms with Gasteiger partial charge in [-0.25, -0.2) is 0 Å². The molecule has 1 saturated heterocycles. The lowest BCUT2D eigenvalue weighted by Gasteiger charge is -2.28. The molecule has 1 aliphatic heterocycles. The smallest absolute Gasteiger partial charge is 0.173 e. The van der Waals surface area contributed by atoms with Gasteiger partial charge in [-0.1, -0.05) is 12.1 Å². The molecule has 5 nitrogen and oxygen atoms in total. The maximum absolute atomic E-state index is 5.68. The van der Waals surface area contributed by atoms with E-state index in [9.17, 15) is 0 Å². The van der Waals surface area contributed by atoms with E-state index in [-0.39, 0.29) is 6.04 Å². The zero-order chi connectivity index (χ0) is 18.5. The highest BCUT2D eigenvalue weighted by Gasteiger charge is 2.28. The summed E-state index contributed by atoms with van der Waals surface area (Å²) < 4.78 is 16.1. The van der Waals surface area contributed by atoms with Crippen LogP contribution in [0.15, 0.2) is 42.5 Å². The molecular weight excluding hydrogens is 348 g/mol. The molecule has 1 N–H and O–H groups in total. The highest BCUT2D eigenvalue weighted by Crippen LogP contribution is 2.37. The Balaban J connectivity index is 1.78. The Labute approximate surface area is 159 Å². The molecule has 0 unspecified atom stereocenters. The summed E-state index contributed by atoms with van der Waals surface area (Å²) in [6, 6.07) is 14.1. The molecular formula is C20H24N2O3S. The standard InChI is InChI=1S/C20H24N2O3S/c1-23-16-7-4-6-15(13-16)21-20(26)22-11-5-8-17(22)14-9-10-18(24-2)19(12-14)25-3/h4,6-7,9-10,12-13,17H,5,8,11H2,1-3H3,(H,21,26)/t17-/m1/s1. The molecule has 138 valence electrons. The minimum absolute atomic E-state index is 0.223. The Morgan fingerprint density at radius 2 is 1.85 bits per heavy atom. The summed E-state index contributed by atoms with van der Waals surface area (Å²) in [5.74, 6) is 2.28. The first kappa shape index (κ1) is 18.3. The van der Waals surface area contributed by atoms with Crippen LogP contribution < -0.4 is 19.5 Å². The van der Waals surface area contributed by atoms with Crippen molar-refractivity contribution in [2.75, 3.05) is 33.2 Å². The molecule has 1 heterocycles. The molecule has 26 heavy (non-hydrogen) atoms. The van der Waals surface area contributed by atoms with Crippen molar-refractivity contribution in [2.45, 2.75) is 18.9 Å². The monoisotopic (exact) mass is 372 g/mol. The first-order valence-corrected chi connectivity index (χ1v) is 9.00. The maximum atomic E-state index is 5.68. The second kappa shape index (κ2) is 8.27. The first-order chi connectivity index (χ1) is 12.7. The number of hydrogen-bond acceptors (Lipinski definition) is 4. The Kier molecular flexibility index (Phi) is 5.83. The molecule has 2 aromatic carbocycles. The van der Waals surface area contributed by atoms with Crippen LogP contribution in [0.25, 0.3) is 0 Å². The van der Waals surface area contributed by atoms with E-state index in [0.29, 0.717) is 0 Å². The van der Waals surface area contributed by atoms with Crippen molar-refractivity contribution in [2.24, 2.45) is 0 Å². The number of methoxy groups -OCH3 is 3. The van der Waals surface area contributed by atoms with Crippen molar-refractivity contribution in [1.82, 2.24) is 4.90 Å². The third-order valence-corrected chi connectivity index (χ3v) is 4.96. The van der Waals surface area contributed by atoms with Crippen LogP contribution in [0.3, 0.4) is 0 Å². The Morgan fingerprint density at radius 3 is 2.58 bits per heavy atom. The van der Waals surface area contributed by atoms with Gasteiger partial charge in [0, 0.05) is 18.3 Å². The molecule has 0 aliphatic carbocycles. The zero-order valence-electron chi connectivity index (χ0n) is 15.3. The van der Waals surface area contributed by atoms with Gasteiger partial charge in [0.25, 0.3) is 0 Å².